The first kappa shape index (κ1) is 9.80. The highest BCUT2D eigenvalue weighted by Gasteiger charge is 2.28. The fourth-order valence-electron chi connectivity index (χ4n) is 1.68. The number of aromatic nitrogens is 1. The third kappa shape index (κ3) is 2.19. The SMILES string of the molecule is CC1CC(C(=O)Cc2nccs2)CO1. The zero-order valence-corrected chi connectivity index (χ0v) is 8.92. The Labute approximate surface area is 87.1 Å². The Balaban J connectivity index is 1.90. The second kappa shape index (κ2) is 4.19. The van der Waals surface area contributed by atoms with Crippen molar-refractivity contribution in [1.82, 2.24) is 4.98 Å². The van der Waals surface area contributed by atoms with E-state index in [2.05, 4.69) is 4.98 Å². The van der Waals surface area contributed by atoms with Gasteiger partial charge in [0, 0.05) is 17.5 Å². The Morgan fingerprint density at radius 1 is 1.79 bits per heavy atom. The van der Waals surface area contributed by atoms with E-state index in [0.29, 0.717) is 13.0 Å². The molecule has 0 saturated carbocycles. The van der Waals surface area contributed by atoms with E-state index in [-0.39, 0.29) is 17.8 Å². The molecule has 0 aromatic carbocycles. The number of ether oxygens (including phenoxy) is 1. The van der Waals surface area contributed by atoms with Crippen molar-refractivity contribution in [3.05, 3.63) is 16.6 Å². The van der Waals surface area contributed by atoms with Crippen LogP contribution in [0.4, 0.5) is 0 Å². The lowest BCUT2D eigenvalue weighted by atomic mass is 9.99. The average Bonchev–Trinajstić information content (AvgIpc) is 2.75. The molecule has 0 amide bonds. The molecular formula is C10H13NO2S. The third-order valence-corrected chi connectivity index (χ3v) is 3.24. The van der Waals surface area contributed by atoms with E-state index >= 15 is 0 Å². The number of Topliss-reactive ketones (excluding diaryl/α,β-unsaturated/α-hetero) is 1. The summed E-state index contributed by atoms with van der Waals surface area (Å²) in [6.45, 7) is 2.60. The van der Waals surface area contributed by atoms with Gasteiger partial charge in [-0.3, -0.25) is 4.79 Å². The highest BCUT2D eigenvalue weighted by molar-refractivity contribution is 7.09. The number of thiazole rings is 1. The van der Waals surface area contributed by atoms with E-state index in [1.54, 1.807) is 6.20 Å². The van der Waals surface area contributed by atoms with Gasteiger partial charge in [-0.25, -0.2) is 4.98 Å². The molecule has 2 heterocycles. The Kier molecular flexibility index (Phi) is 2.93. The Bertz CT molecular complexity index is 310. The molecule has 3 nitrogen and oxygen atoms in total. The summed E-state index contributed by atoms with van der Waals surface area (Å²) in [5, 5.41) is 2.81. The van der Waals surface area contributed by atoms with E-state index in [4.69, 9.17) is 4.74 Å². The minimum absolute atomic E-state index is 0.0916. The topological polar surface area (TPSA) is 39.2 Å². The monoisotopic (exact) mass is 211 g/mol. The number of hydrogen-bond acceptors (Lipinski definition) is 4. The smallest absolute Gasteiger partial charge is 0.145 e. The molecule has 1 aliphatic heterocycles. The number of carbonyl (C=O) groups is 1. The van der Waals surface area contributed by atoms with Crippen molar-refractivity contribution in [2.45, 2.75) is 25.9 Å². The largest absolute Gasteiger partial charge is 0.378 e. The first-order valence-electron chi connectivity index (χ1n) is 4.78. The molecular weight excluding hydrogens is 198 g/mol. The summed E-state index contributed by atoms with van der Waals surface area (Å²) < 4.78 is 5.37. The van der Waals surface area contributed by atoms with Crippen LogP contribution < -0.4 is 0 Å². The predicted octanol–water partition coefficient (Wildman–Crippen LogP) is 1.68. The van der Waals surface area contributed by atoms with Crippen LogP contribution in [0.3, 0.4) is 0 Å². The van der Waals surface area contributed by atoms with Crippen LogP contribution in [0.1, 0.15) is 18.4 Å². The van der Waals surface area contributed by atoms with Gasteiger partial charge >= 0.3 is 0 Å². The van der Waals surface area contributed by atoms with Gasteiger partial charge in [0.15, 0.2) is 0 Å². The summed E-state index contributed by atoms with van der Waals surface area (Å²) in [4.78, 5) is 15.8. The molecule has 0 bridgehead atoms. The first-order valence-corrected chi connectivity index (χ1v) is 5.66. The fourth-order valence-corrected chi connectivity index (χ4v) is 2.30. The van der Waals surface area contributed by atoms with Crippen molar-refractivity contribution >= 4 is 17.1 Å². The van der Waals surface area contributed by atoms with Crippen molar-refractivity contribution in [3.63, 3.8) is 0 Å². The van der Waals surface area contributed by atoms with Crippen LogP contribution in [0.2, 0.25) is 0 Å². The van der Waals surface area contributed by atoms with Crippen LogP contribution in [0.5, 0.6) is 0 Å². The van der Waals surface area contributed by atoms with Crippen LogP contribution in [0.25, 0.3) is 0 Å². The first-order chi connectivity index (χ1) is 6.75. The number of rotatable bonds is 3. The predicted molar refractivity (Wildman–Crippen MR) is 54.3 cm³/mol. The quantitative estimate of drug-likeness (QED) is 0.763. The molecule has 2 atom stereocenters. The van der Waals surface area contributed by atoms with Gasteiger partial charge in [0.05, 0.1) is 24.1 Å². The van der Waals surface area contributed by atoms with Gasteiger partial charge in [-0.2, -0.15) is 0 Å². The lowest BCUT2D eigenvalue weighted by Gasteiger charge is -2.03. The minimum atomic E-state index is 0.0916. The Hall–Kier alpha value is -0.740. The summed E-state index contributed by atoms with van der Waals surface area (Å²) in [6.07, 6.45) is 3.31. The maximum atomic E-state index is 11.7. The molecule has 1 saturated heterocycles. The van der Waals surface area contributed by atoms with E-state index in [0.717, 1.165) is 11.4 Å². The molecule has 1 aromatic heterocycles. The van der Waals surface area contributed by atoms with Gasteiger partial charge < -0.3 is 4.74 Å². The van der Waals surface area contributed by atoms with Gasteiger partial charge in [-0.05, 0) is 13.3 Å². The van der Waals surface area contributed by atoms with Crippen LogP contribution in [0.15, 0.2) is 11.6 Å². The van der Waals surface area contributed by atoms with Crippen LogP contribution in [-0.2, 0) is 16.0 Å². The van der Waals surface area contributed by atoms with E-state index < -0.39 is 0 Å². The Morgan fingerprint density at radius 2 is 2.64 bits per heavy atom. The van der Waals surface area contributed by atoms with Crippen molar-refractivity contribution in [3.8, 4) is 0 Å². The molecule has 0 aliphatic carbocycles. The zero-order chi connectivity index (χ0) is 9.97. The van der Waals surface area contributed by atoms with Crippen molar-refractivity contribution in [2.75, 3.05) is 6.61 Å². The normalized spacial score (nSPS) is 26.6. The van der Waals surface area contributed by atoms with Gasteiger partial charge in [-0.15, -0.1) is 11.3 Å². The van der Waals surface area contributed by atoms with Gasteiger partial charge in [-0.1, -0.05) is 0 Å². The standard InChI is InChI=1S/C10H13NO2S/c1-7-4-8(6-13-7)9(12)5-10-11-2-3-14-10/h2-3,7-8H,4-6H2,1H3. The number of carbonyl (C=O) groups excluding carboxylic acids is 1. The lowest BCUT2D eigenvalue weighted by molar-refractivity contribution is -0.122. The van der Waals surface area contributed by atoms with Gasteiger partial charge in [0.1, 0.15) is 5.78 Å². The number of nitrogens with zero attached hydrogens (tertiary/aromatic N) is 1. The molecule has 2 rings (SSSR count). The third-order valence-electron chi connectivity index (χ3n) is 2.46. The summed E-state index contributed by atoms with van der Waals surface area (Å²) in [5.41, 5.74) is 0. The lowest BCUT2D eigenvalue weighted by Crippen LogP contribution is -2.16. The zero-order valence-electron chi connectivity index (χ0n) is 8.10. The molecule has 1 aliphatic rings. The molecule has 2 unspecified atom stereocenters. The van der Waals surface area contributed by atoms with Gasteiger partial charge in [0.2, 0.25) is 0 Å². The number of hydrogen-bond donors (Lipinski definition) is 0. The van der Waals surface area contributed by atoms with Crippen molar-refractivity contribution in [2.24, 2.45) is 5.92 Å². The summed E-state index contributed by atoms with van der Waals surface area (Å²) >= 11 is 1.54. The molecule has 76 valence electrons. The van der Waals surface area contributed by atoms with Crippen LogP contribution in [0, 0.1) is 5.92 Å². The minimum Gasteiger partial charge on any atom is -0.378 e. The second-order valence-electron chi connectivity index (χ2n) is 3.65. The molecule has 4 heteroatoms. The molecule has 0 radical (unpaired) electrons. The van der Waals surface area contributed by atoms with E-state index in [1.807, 2.05) is 12.3 Å². The summed E-state index contributed by atoms with van der Waals surface area (Å²) in [5.74, 6) is 0.359. The van der Waals surface area contributed by atoms with Crippen LogP contribution >= 0.6 is 11.3 Å². The number of ketones is 1. The molecule has 1 fully saturated rings. The molecule has 0 N–H and O–H groups in total. The summed E-state index contributed by atoms with van der Waals surface area (Å²) in [7, 11) is 0. The van der Waals surface area contributed by atoms with E-state index in [1.165, 1.54) is 11.3 Å². The molecule has 0 spiro atoms. The maximum Gasteiger partial charge on any atom is 0.145 e. The molecule has 1 aromatic rings. The maximum absolute atomic E-state index is 11.7. The van der Waals surface area contributed by atoms with Crippen LogP contribution in [-0.4, -0.2) is 23.5 Å². The highest BCUT2D eigenvalue weighted by Crippen LogP contribution is 2.21. The average molecular weight is 211 g/mol. The second-order valence-corrected chi connectivity index (χ2v) is 4.62. The van der Waals surface area contributed by atoms with E-state index in [9.17, 15) is 4.79 Å². The summed E-state index contributed by atoms with van der Waals surface area (Å²) in [6, 6.07) is 0. The highest BCUT2D eigenvalue weighted by atomic mass is 32.1. The Morgan fingerprint density at radius 3 is 3.21 bits per heavy atom. The van der Waals surface area contributed by atoms with Gasteiger partial charge in [0.25, 0.3) is 0 Å². The van der Waals surface area contributed by atoms with Crippen molar-refractivity contribution in [1.29, 1.82) is 0 Å². The fraction of sp³-hybridized carbons (Fsp3) is 0.600. The molecule has 14 heavy (non-hydrogen) atoms. The van der Waals surface area contributed by atoms with Crippen molar-refractivity contribution < 1.29 is 9.53 Å².